The van der Waals surface area contributed by atoms with Gasteiger partial charge >= 0.3 is 5.97 Å². The Kier molecular flexibility index (Phi) is 4.47. The number of carbonyl (C=O) groups is 2. The fourth-order valence-electron chi connectivity index (χ4n) is 2.37. The zero-order valence-electron chi connectivity index (χ0n) is 12.4. The Hall–Kier alpha value is -2.08. The van der Waals surface area contributed by atoms with Crippen molar-refractivity contribution in [1.82, 2.24) is 4.90 Å². The number of likely N-dealkylation sites (tertiary alicyclic amines) is 1. The maximum atomic E-state index is 12.3. The van der Waals surface area contributed by atoms with Crippen LogP contribution < -0.4 is 4.74 Å². The first-order valence-corrected chi connectivity index (χ1v) is 6.70. The summed E-state index contributed by atoms with van der Waals surface area (Å²) in [7, 11) is 1.63. The Morgan fingerprint density at radius 2 is 1.86 bits per heavy atom. The van der Waals surface area contributed by atoms with Crippen LogP contribution in [0.2, 0.25) is 0 Å². The lowest BCUT2D eigenvalue weighted by atomic mass is 10.0. The number of aryl methyl sites for hydroxylation is 2. The van der Waals surface area contributed by atoms with Crippen molar-refractivity contribution in [2.45, 2.75) is 20.0 Å². The summed E-state index contributed by atoms with van der Waals surface area (Å²) in [6, 6.07) is 3.46. The molecule has 6 heteroatoms. The second-order valence-corrected chi connectivity index (χ2v) is 5.19. The molecule has 0 aromatic heterocycles. The zero-order chi connectivity index (χ0) is 15.6. The number of carboxylic acids is 1. The molecular weight excluding hydrogens is 274 g/mol. The second-order valence-electron chi connectivity index (χ2n) is 5.19. The molecule has 1 aromatic carbocycles. The van der Waals surface area contributed by atoms with Crippen LogP contribution in [0.25, 0.3) is 0 Å². The van der Waals surface area contributed by atoms with E-state index in [2.05, 4.69) is 0 Å². The number of carbonyl (C=O) groups excluding carboxylic acids is 1. The van der Waals surface area contributed by atoms with Crippen molar-refractivity contribution in [1.29, 1.82) is 0 Å². The molecule has 0 bridgehead atoms. The molecular formula is C15H19NO5. The number of benzene rings is 1. The quantitative estimate of drug-likeness (QED) is 0.884. The van der Waals surface area contributed by atoms with Crippen LogP contribution in [0.4, 0.5) is 0 Å². The molecule has 2 rings (SSSR count). The molecule has 21 heavy (non-hydrogen) atoms. The summed E-state index contributed by atoms with van der Waals surface area (Å²) < 4.78 is 10.4. The van der Waals surface area contributed by atoms with Gasteiger partial charge in [-0.2, -0.15) is 0 Å². The number of methoxy groups -OCH3 is 1. The van der Waals surface area contributed by atoms with E-state index in [1.807, 2.05) is 0 Å². The predicted octanol–water partition coefficient (Wildman–Crippen LogP) is 1.24. The van der Waals surface area contributed by atoms with Gasteiger partial charge in [-0.15, -0.1) is 0 Å². The number of ether oxygens (including phenoxy) is 2. The molecule has 1 heterocycles. The number of hydrogen-bond donors (Lipinski definition) is 1. The van der Waals surface area contributed by atoms with Crippen LogP contribution >= 0.6 is 0 Å². The van der Waals surface area contributed by atoms with E-state index in [-0.39, 0.29) is 12.0 Å². The van der Waals surface area contributed by atoms with Gasteiger partial charge in [0.15, 0.2) is 6.61 Å². The van der Waals surface area contributed by atoms with Crippen molar-refractivity contribution in [2.24, 2.45) is 0 Å². The molecule has 0 radical (unpaired) electrons. The normalized spacial score (nSPS) is 14.7. The zero-order valence-corrected chi connectivity index (χ0v) is 12.4. The van der Waals surface area contributed by atoms with E-state index >= 15 is 0 Å². The summed E-state index contributed by atoms with van der Waals surface area (Å²) in [6.45, 7) is 4.41. The molecule has 6 nitrogen and oxygen atoms in total. The minimum atomic E-state index is -1.03. The highest BCUT2D eigenvalue weighted by Crippen LogP contribution is 2.26. The first-order chi connectivity index (χ1) is 9.92. The van der Waals surface area contributed by atoms with Gasteiger partial charge in [-0.25, -0.2) is 4.79 Å². The number of hydrogen-bond acceptors (Lipinski definition) is 4. The highest BCUT2D eigenvalue weighted by molar-refractivity contribution is 5.95. The average molecular weight is 293 g/mol. The standard InChI is InChI=1S/C15H19NO5/c1-9-4-11(15(19)16-6-12(7-16)20-3)5-10(2)14(9)21-8-13(17)18/h4-5,12H,6-8H2,1-3H3,(H,17,18). The third kappa shape index (κ3) is 3.33. The smallest absolute Gasteiger partial charge is 0.341 e. The van der Waals surface area contributed by atoms with E-state index < -0.39 is 12.6 Å². The Morgan fingerprint density at radius 3 is 2.33 bits per heavy atom. The molecule has 1 aliphatic rings. The van der Waals surface area contributed by atoms with E-state index in [0.717, 1.165) is 11.1 Å². The van der Waals surface area contributed by atoms with Crippen molar-refractivity contribution in [3.63, 3.8) is 0 Å². The molecule has 0 atom stereocenters. The average Bonchev–Trinajstić information content (AvgIpc) is 2.35. The lowest BCUT2D eigenvalue weighted by Gasteiger charge is -2.38. The maximum absolute atomic E-state index is 12.3. The van der Waals surface area contributed by atoms with Gasteiger partial charge in [0, 0.05) is 25.8 Å². The topological polar surface area (TPSA) is 76.1 Å². The van der Waals surface area contributed by atoms with E-state index in [4.69, 9.17) is 14.6 Å². The first-order valence-electron chi connectivity index (χ1n) is 6.70. The van der Waals surface area contributed by atoms with E-state index in [1.54, 1.807) is 38.0 Å². The lowest BCUT2D eigenvalue weighted by Crippen LogP contribution is -2.54. The van der Waals surface area contributed by atoms with Crippen LogP contribution in [0.5, 0.6) is 5.75 Å². The maximum Gasteiger partial charge on any atom is 0.341 e. The van der Waals surface area contributed by atoms with Gasteiger partial charge in [0.2, 0.25) is 0 Å². The van der Waals surface area contributed by atoms with E-state index in [0.29, 0.717) is 24.4 Å². The molecule has 114 valence electrons. The third-order valence-corrected chi connectivity index (χ3v) is 3.52. The molecule has 1 amide bonds. The number of aliphatic carboxylic acids is 1. The summed E-state index contributed by atoms with van der Waals surface area (Å²) in [4.78, 5) is 24.6. The summed E-state index contributed by atoms with van der Waals surface area (Å²) >= 11 is 0. The van der Waals surface area contributed by atoms with Gasteiger partial charge in [-0.3, -0.25) is 4.79 Å². The Bertz CT molecular complexity index is 540. The van der Waals surface area contributed by atoms with Gasteiger partial charge in [0.1, 0.15) is 5.75 Å². The summed E-state index contributed by atoms with van der Waals surface area (Å²) in [5, 5.41) is 8.66. The predicted molar refractivity (Wildman–Crippen MR) is 75.7 cm³/mol. The Balaban J connectivity index is 2.12. The highest BCUT2D eigenvalue weighted by atomic mass is 16.5. The van der Waals surface area contributed by atoms with Crippen molar-refractivity contribution < 1.29 is 24.2 Å². The summed E-state index contributed by atoms with van der Waals surface area (Å²) in [6.07, 6.45) is 0.120. The van der Waals surface area contributed by atoms with E-state index in [1.165, 1.54) is 0 Å². The van der Waals surface area contributed by atoms with Crippen molar-refractivity contribution in [3.8, 4) is 5.75 Å². The molecule has 1 fully saturated rings. The van der Waals surface area contributed by atoms with Crippen molar-refractivity contribution in [3.05, 3.63) is 28.8 Å². The molecule has 1 aliphatic heterocycles. The minimum Gasteiger partial charge on any atom is -0.481 e. The monoisotopic (exact) mass is 293 g/mol. The van der Waals surface area contributed by atoms with Gasteiger partial charge in [-0.1, -0.05) is 0 Å². The summed E-state index contributed by atoms with van der Waals surface area (Å²) in [5.41, 5.74) is 2.09. The van der Waals surface area contributed by atoms with Gasteiger partial charge in [-0.05, 0) is 37.1 Å². The number of nitrogens with zero attached hydrogens (tertiary/aromatic N) is 1. The van der Waals surface area contributed by atoms with Gasteiger partial charge in [0.25, 0.3) is 5.91 Å². The Morgan fingerprint density at radius 1 is 1.29 bits per heavy atom. The highest BCUT2D eigenvalue weighted by Gasteiger charge is 2.31. The number of amides is 1. The van der Waals surface area contributed by atoms with Crippen LogP contribution in [0.1, 0.15) is 21.5 Å². The summed E-state index contributed by atoms with van der Waals surface area (Å²) in [5.74, 6) is -0.549. The Labute approximate surface area is 123 Å². The van der Waals surface area contributed by atoms with Crippen LogP contribution in [-0.2, 0) is 9.53 Å². The molecule has 0 unspecified atom stereocenters. The van der Waals surface area contributed by atoms with Crippen LogP contribution in [0.15, 0.2) is 12.1 Å². The molecule has 1 aromatic rings. The SMILES string of the molecule is COC1CN(C(=O)c2cc(C)c(OCC(=O)O)c(C)c2)C1. The largest absolute Gasteiger partial charge is 0.481 e. The van der Waals surface area contributed by atoms with Crippen LogP contribution in [0, 0.1) is 13.8 Å². The fourth-order valence-corrected chi connectivity index (χ4v) is 2.37. The van der Waals surface area contributed by atoms with Crippen molar-refractivity contribution in [2.75, 3.05) is 26.8 Å². The third-order valence-electron chi connectivity index (χ3n) is 3.52. The molecule has 1 saturated heterocycles. The second kappa shape index (κ2) is 6.13. The van der Waals surface area contributed by atoms with Gasteiger partial charge in [0.05, 0.1) is 6.10 Å². The fraction of sp³-hybridized carbons (Fsp3) is 0.467. The molecule has 0 aliphatic carbocycles. The number of rotatable bonds is 5. The van der Waals surface area contributed by atoms with Gasteiger partial charge < -0.3 is 19.5 Å². The van der Waals surface area contributed by atoms with E-state index in [9.17, 15) is 9.59 Å². The van der Waals surface area contributed by atoms with Crippen LogP contribution in [0.3, 0.4) is 0 Å². The first kappa shape index (κ1) is 15.3. The molecule has 0 saturated carbocycles. The molecule has 1 N–H and O–H groups in total. The van der Waals surface area contributed by atoms with Crippen LogP contribution in [-0.4, -0.2) is 54.8 Å². The molecule has 0 spiro atoms. The minimum absolute atomic E-state index is 0.0423. The van der Waals surface area contributed by atoms with Crippen molar-refractivity contribution >= 4 is 11.9 Å². The number of carboxylic acid groups (broad SMARTS) is 1. The lowest BCUT2D eigenvalue weighted by molar-refractivity contribution is -0.139.